The number of nitrogens with one attached hydrogen (secondary N) is 1. The number of aromatic nitrogens is 2. The zero-order valence-electron chi connectivity index (χ0n) is 19.0. The number of hydrogen-bond donors (Lipinski definition) is 2. The number of ether oxygens (including phenoxy) is 1. The molecule has 0 aliphatic carbocycles. The predicted octanol–water partition coefficient (Wildman–Crippen LogP) is 4.04. The molecule has 3 N–H and O–H groups in total. The molecule has 0 radical (unpaired) electrons. The quantitative estimate of drug-likeness (QED) is 0.543. The fourth-order valence-electron chi connectivity index (χ4n) is 3.86. The van der Waals surface area contributed by atoms with Crippen molar-refractivity contribution in [1.82, 2.24) is 14.9 Å². The van der Waals surface area contributed by atoms with Crippen LogP contribution in [-0.4, -0.2) is 47.7 Å². The maximum Gasteiger partial charge on any atom is 0.227 e. The van der Waals surface area contributed by atoms with Crippen molar-refractivity contribution in [3.05, 3.63) is 71.4 Å². The van der Waals surface area contributed by atoms with E-state index >= 15 is 0 Å². The van der Waals surface area contributed by atoms with Gasteiger partial charge < -0.3 is 15.8 Å². The Morgan fingerprint density at radius 3 is 2.52 bits per heavy atom. The molecule has 1 aliphatic rings. The third-order valence-electron chi connectivity index (χ3n) is 5.99. The van der Waals surface area contributed by atoms with Gasteiger partial charge in [-0.05, 0) is 36.1 Å². The van der Waals surface area contributed by atoms with Crippen molar-refractivity contribution in [3.63, 3.8) is 0 Å². The molecule has 1 aliphatic heterocycles. The Hall–Kier alpha value is -3.31. The van der Waals surface area contributed by atoms with Crippen LogP contribution in [0.15, 0.2) is 54.7 Å². The summed E-state index contributed by atoms with van der Waals surface area (Å²) in [5.74, 6) is 0.458. The van der Waals surface area contributed by atoms with Gasteiger partial charge >= 0.3 is 0 Å². The highest BCUT2D eigenvalue weighted by atomic mass is 16.5. The number of anilines is 2. The SMILES string of the molecule is CCC(N)c1ccc(-c2nc(Nc3ccc(CCN4CCOCC4)cc3)ncc2C#N)cc1. The van der Waals surface area contributed by atoms with Crippen LogP contribution in [0.2, 0.25) is 0 Å². The lowest BCUT2D eigenvalue weighted by atomic mass is 10.0. The van der Waals surface area contributed by atoms with Gasteiger partial charge in [-0.25, -0.2) is 9.97 Å². The molecule has 2 aromatic carbocycles. The molecule has 3 aromatic rings. The lowest BCUT2D eigenvalue weighted by Gasteiger charge is -2.26. The van der Waals surface area contributed by atoms with Gasteiger partial charge in [-0.3, -0.25) is 4.90 Å². The maximum atomic E-state index is 9.54. The lowest BCUT2D eigenvalue weighted by Crippen LogP contribution is -2.37. The molecule has 0 spiro atoms. The number of nitrogens with zero attached hydrogens (tertiary/aromatic N) is 4. The Morgan fingerprint density at radius 2 is 1.85 bits per heavy atom. The molecule has 1 fully saturated rings. The minimum absolute atomic E-state index is 0.00829. The standard InChI is InChI=1S/C26H30N6O/c1-2-24(28)20-5-7-21(8-6-20)25-22(17-27)18-29-26(31-25)30-23-9-3-19(4-10-23)11-12-32-13-15-33-16-14-32/h3-10,18,24H,2,11-16,28H2,1H3,(H,29,30,31). The summed E-state index contributed by atoms with van der Waals surface area (Å²) in [7, 11) is 0. The van der Waals surface area contributed by atoms with Crippen LogP contribution in [0.25, 0.3) is 11.3 Å². The second-order valence-electron chi connectivity index (χ2n) is 8.23. The van der Waals surface area contributed by atoms with Crippen molar-refractivity contribution in [1.29, 1.82) is 5.26 Å². The Bertz CT molecular complexity index is 1090. The van der Waals surface area contributed by atoms with E-state index in [-0.39, 0.29) is 6.04 Å². The largest absolute Gasteiger partial charge is 0.379 e. The highest BCUT2D eigenvalue weighted by molar-refractivity contribution is 5.68. The van der Waals surface area contributed by atoms with Gasteiger partial charge in [0, 0.05) is 36.9 Å². The minimum Gasteiger partial charge on any atom is -0.379 e. The lowest BCUT2D eigenvalue weighted by molar-refractivity contribution is 0.0384. The third-order valence-corrected chi connectivity index (χ3v) is 5.99. The monoisotopic (exact) mass is 442 g/mol. The van der Waals surface area contributed by atoms with Crippen LogP contribution in [0, 0.1) is 11.3 Å². The molecule has 1 atom stereocenters. The maximum absolute atomic E-state index is 9.54. The Kier molecular flexibility index (Phi) is 7.63. The van der Waals surface area contributed by atoms with Crippen LogP contribution in [0.1, 0.15) is 36.1 Å². The highest BCUT2D eigenvalue weighted by Crippen LogP contribution is 2.25. The van der Waals surface area contributed by atoms with Gasteiger partial charge in [0.1, 0.15) is 6.07 Å². The number of hydrogen-bond acceptors (Lipinski definition) is 7. The first kappa shape index (κ1) is 22.9. The van der Waals surface area contributed by atoms with Gasteiger partial charge in [0.15, 0.2) is 0 Å². The van der Waals surface area contributed by atoms with E-state index in [1.807, 2.05) is 36.4 Å². The molecular weight excluding hydrogens is 412 g/mol. The van der Waals surface area contributed by atoms with Crippen molar-refractivity contribution >= 4 is 11.6 Å². The van der Waals surface area contributed by atoms with Crippen LogP contribution in [0.5, 0.6) is 0 Å². The minimum atomic E-state index is 0.00829. The smallest absolute Gasteiger partial charge is 0.227 e. The van der Waals surface area contributed by atoms with Crippen molar-refractivity contribution in [2.45, 2.75) is 25.8 Å². The van der Waals surface area contributed by atoms with E-state index in [0.29, 0.717) is 17.2 Å². The average molecular weight is 443 g/mol. The molecule has 1 saturated heterocycles. The molecular formula is C26H30N6O. The van der Waals surface area contributed by atoms with Gasteiger partial charge in [0.25, 0.3) is 0 Å². The number of nitrogens with two attached hydrogens (primary N) is 1. The average Bonchev–Trinajstić information content (AvgIpc) is 2.88. The van der Waals surface area contributed by atoms with Gasteiger partial charge in [0.2, 0.25) is 5.95 Å². The van der Waals surface area contributed by atoms with Crippen LogP contribution in [-0.2, 0) is 11.2 Å². The van der Waals surface area contributed by atoms with E-state index < -0.39 is 0 Å². The highest BCUT2D eigenvalue weighted by Gasteiger charge is 2.12. The van der Waals surface area contributed by atoms with Crippen LogP contribution in [0.4, 0.5) is 11.6 Å². The van der Waals surface area contributed by atoms with Crippen molar-refractivity contribution in [2.75, 3.05) is 38.2 Å². The van der Waals surface area contributed by atoms with Gasteiger partial charge in [0.05, 0.1) is 30.7 Å². The molecule has 7 nitrogen and oxygen atoms in total. The Labute approximate surface area is 195 Å². The first-order valence-corrected chi connectivity index (χ1v) is 11.5. The summed E-state index contributed by atoms with van der Waals surface area (Å²) in [6.07, 6.45) is 3.44. The summed E-state index contributed by atoms with van der Waals surface area (Å²) in [4.78, 5) is 11.4. The summed E-state index contributed by atoms with van der Waals surface area (Å²) >= 11 is 0. The van der Waals surface area contributed by atoms with Crippen LogP contribution >= 0.6 is 0 Å². The molecule has 0 bridgehead atoms. The van der Waals surface area contributed by atoms with E-state index in [2.05, 4.69) is 45.3 Å². The summed E-state index contributed by atoms with van der Waals surface area (Å²) in [6.45, 7) is 6.77. The topological polar surface area (TPSA) is 100 Å². The number of rotatable bonds is 8. The van der Waals surface area contributed by atoms with Crippen molar-refractivity contribution in [2.24, 2.45) is 5.73 Å². The Morgan fingerprint density at radius 1 is 1.12 bits per heavy atom. The summed E-state index contributed by atoms with van der Waals surface area (Å²) in [6, 6.07) is 18.4. The fraction of sp³-hybridized carbons (Fsp3) is 0.346. The van der Waals surface area contributed by atoms with E-state index in [0.717, 1.165) is 62.5 Å². The van der Waals surface area contributed by atoms with Crippen molar-refractivity contribution in [3.8, 4) is 17.3 Å². The fourth-order valence-corrected chi connectivity index (χ4v) is 3.86. The number of nitriles is 1. The summed E-state index contributed by atoms with van der Waals surface area (Å²) in [5.41, 5.74) is 11.3. The number of morpholine rings is 1. The van der Waals surface area contributed by atoms with Gasteiger partial charge in [-0.2, -0.15) is 5.26 Å². The molecule has 2 heterocycles. The summed E-state index contributed by atoms with van der Waals surface area (Å²) < 4.78 is 5.41. The predicted molar refractivity (Wildman–Crippen MR) is 130 cm³/mol. The van der Waals surface area contributed by atoms with E-state index in [1.165, 1.54) is 5.56 Å². The van der Waals surface area contributed by atoms with Crippen LogP contribution in [0.3, 0.4) is 0 Å². The normalized spacial score (nSPS) is 15.1. The van der Waals surface area contributed by atoms with Gasteiger partial charge in [-0.15, -0.1) is 0 Å². The van der Waals surface area contributed by atoms with E-state index in [1.54, 1.807) is 6.20 Å². The molecule has 1 aromatic heterocycles. The second-order valence-corrected chi connectivity index (χ2v) is 8.23. The van der Waals surface area contributed by atoms with E-state index in [4.69, 9.17) is 10.5 Å². The van der Waals surface area contributed by atoms with Crippen molar-refractivity contribution < 1.29 is 4.74 Å². The second kappa shape index (κ2) is 11.0. The molecule has 1 unspecified atom stereocenters. The van der Waals surface area contributed by atoms with E-state index in [9.17, 15) is 5.26 Å². The molecule has 0 amide bonds. The zero-order valence-corrected chi connectivity index (χ0v) is 19.0. The third kappa shape index (κ3) is 5.93. The number of benzene rings is 2. The zero-order chi connectivity index (χ0) is 23.0. The summed E-state index contributed by atoms with van der Waals surface area (Å²) in [5, 5.41) is 12.8. The molecule has 170 valence electrons. The van der Waals surface area contributed by atoms with Gasteiger partial charge in [-0.1, -0.05) is 43.3 Å². The molecule has 0 saturated carbocycles. The molecule has 4 rings (SSSR count). The molecule has 7 heteroatoms. The first-order chi connectivity index (χ1) is 16.2. The van der Waals surface area contributed by atoms with Crippen LogP contribution < -0.4 is 11.1 Å². The Balaban J connectivity index is 1.44. The first-order valence-electron chi connectivity index (χ1n) is 11.5. The molecule has 33 heavy (non-hydrogen) atoms.